The van der Waals surface area contributed by atoms with E-state index >= 15 is 0 Å². The maximum absolute atomic E-state index is 12.0. The molecule has 206 valence electrons. The fourth-order valence-electron chi connectivity index (χ4n) is 1.89. The van der Waals surface area contributed by atoms with Crippen molar-refractivity contribution >= 4 is 34.2 Å². The summed E-state index contributed by atoms with van der Waals surface area (Å²) in [6, 6.07) is 7.35. The summed E-state index contributed by atoms with van der Waals surface area (Å²) < 4.78 is 38.2. The van der Waals surface area contributed by atoms with Crippen LogP contribution in [0.5, 0.6) is 0 Å². The molecular formula is C25H47NO7S2. The first-order valence-corrected chi connectivity index (χ1v) is 13.5. The first-order chi connectivity index (χ1) is 16.4. The van der Waals surface area contributed by atoms with Gasteiger partial charge < -0.3 is 19.1 Å². The molecule has 0 aliphatic rings. The molecule has 0 spiro atoms. The van der Waals surface area contributed by atoms with E-state index in [4.69, 9.17) is 18.8 Å². The minimum atomic E-state index is -2.23. The van der Waals surface area contributed by atoms with Crippen LogP contribution >= 0.6 is 11.0 Å². The fraction of sp³-hybridized carbons (Fsp3) is 0.520. The number of aliphatic hydroxyl groups excluding tert-OH is 1. The largest absolute Gasteiger partial charge is 0.400 e. The van der Waals surface area contributed by atoms with Gasteiger partial charge in [0.25, 0.3) is 5.91 Å². The quantitative estimate of drug-likeness (QED) is 0.138. The number of allylic oxidation sites excluding steroid dienone is 4. The number of nitrogens with zero attached hydrogens (tertiary/aromatic N) is 1. The molecule has 1 aromatic rings. The van der Waals surface area contributed by atoms with E-state index in [0.29, 0.717) is 24.4 Å². The second-order valence-electron chi connectivity index (χ2n) is 6.96. The summed E-state index contributed by atoms with van der Waals surface area (Å²) in [5.41, 5.74) is 3.08. The van der Waals surface area contributed by atoms with E-state index < -0.39 is 22.4 Å². The Morgan fingerprint density at radius 1 is 1.14 bits per heavy atom. The highest BCUT2D eigenvalue weighted by molar-refractivity contribution is 8.03. The summed E-state index contributed by atoms with van der Waals surface area (Å²) in [5, 5.41) is 7.00. The summed E-state index contributed by atoms with van der Waals surface area (Å²) in [6.45, 7) is 15.1. The van der Waals surface area contributed by atoms with Crippen molar-refractivity contribution in [1.29, 1.82) is 0 Å². The Balaban J connectivity index is -0.000000236. The van der Waals surface area contributed by atoms with Crippen LogP contribution in [0.1, 0.15) is 63.9 Å². The molecule has 4 N–H and O–H groups in total. The number of hydrogen-bond acceptors (Lipinski definition) is 6. The molecule has 1 amide bonds. The minimum absolute atomic E-state index is 0.0693. The first-order valence-electron chi connectivity index (χ1n) is 11.1. The van der Waals surface area contributed by atoms with Gasteiger partial charge in [-0.05, 0) is 51.1 Å². The fourth-order valence-corrected chi connectivity index (χ4v) is 2.15. The molecule has 0 aliphatic carbocycles. The van der Waals surface area contributed by atoms with E-state index in [1.807, 2.05) is 32.9 Å². The number of carbonyl (C=O) groups excluding carboxylic acids is 1. The number of aliphatic hydroxyl groups is 1. The lowest BCUT2D eigenvalue weighted by Gasteiger charge is -2.16. The molecule has 1 atom stereocenters. The zero-order valence-electron chi connectivity index (χ0n) is 22.7. The van der Waals surface area contributed by atoms with Gasteiger partial charge >= 0.3 is 11.4 Å². The third kappa shape index (κ3) is 32.3. The Morgan fingerprint density at radius 2 is 1.60 bits per heavy atom. The number of benzene rings is 1. The number of aryl methyl sites for hydroxylation is 1. The standard InChI is InChI=1S/C12H17NO4S.C9H16.C2H6.CH4O2S.CH4O/c1-10-4-6-11(7-5-10)12(14)13(2)8-3-9-17-18(15)16;1-5-9(4)7-6-8(2)3;1-2;1-4(2)3;1-2/h4-7H,3,8-9H2,1-2H3,(H,15,16);5-8H,1-4H3;1-2H3;2-3H,1H2;2H,1H3/b;7-6-,9-5-;;;. The molecule has 1 aromatic carbocycles. The summed E-state index contributed by atoms with van der Waals surface area (Å²) in [5.74, 6) is 3.38. The monoisotopic (exact) mass is 537 g/mol. The molecule has 0 saturated carbocycles. The van der Waals surface area contributed by atoms with Crippen LogP contribution in [0, 0.1) is 12.8 Å². The van der Waals surface area contributed by atoms with Crippen molar-refractivity contribution in [3.05, 3.63) is 59.2 Å². The Morgan fingerprint density at radius 3 is 1.97 bits per heavy atom. The van der Waals surface area contributed by atoms with Gasteiger partial charge in [-0.3, -0.25) is 13.5 Å². The molecule has 0 heterocycles. The van der Waals surface area contributed by atoms with E-state index in [-0.39, 0.29) is 12.5 Å². The van der Waals surface area contributed by atoms with Gasteiger partial charge in [0.15, 0.2) is 0 Å². The SMILES string of the molecule is C/C=C(C)\C=C/C(C)C.C=S(O)O.CC.CO.Cc1ccc(C(=O)N(C)CCCOS(=O)O)cc1. The Kier molecular flexibility index (Phi) is 33.1. The zero-order chi connectivity index (χ0) is 28.4. The summed E-state index contributed by atoms with van der Waals surface area (Å²) in [4.78, 5) is 13.5. The van der Waals surface area contributed by atoms with Crippen molar-refractivity contribution in [2.45, 2.75) is 54.9 Å². The maximum Gasteiger partial charge on any atom is 0.301 e. The van der Waals surface area contributed by atoms with Crippen LogP contribution in [-0.2, 0) is 15.5 Å². The van der Waals surface area contributed by atoms with Crippen LogP contribution in [0.3, 0.4) is 0 Å². The molecule has 1 rings (SSSR count). The molecule has 0 fully saturated rings. The molecule has 0 radical (unpaired) electrons. The Hall–Kier alpha value is -1.66. The van der Waals surface area contributed by atoms with Crippen molar-refractivity contribution in [3.63, 3.8) is 0 Å². The molecule has 8 nitrogen and oxygen atoms in total. The number of rotatable bonds is 8. The Bertz CT molecular complexity index is 730. The predicted molar refractivity (Wildman–Crippen MR) is 152 cm³/mol. The number of hydrogen-bond donors (Lipinski definition) is 4. The smallest absolute Gasteiger partial charge is 0.301 e. The lowest BCUT2D eigenvalue weighted by molar-refractivity contribution is 0.0788. The van der Waals surface area contributed by atoms with Crippen LogP contribution in [0.4, 0.5) is 0 Å². The molecule has 0 saturated heterocycles. The number of amides is 1. The van der Waals surface area contributed by atoms with Crippen LogP contribution in [0.15, 0.2) is 48.1 Å². The molecular weight excluding hydrogens is 490 g/mol. The lowest BCUT2D eigenvalue weighted by atomic mass is 10.1. The van der Waals surface area contributed by atoms with E-state index in [1.165, 1.54) is 5.57 Å². The highest BCUT2D eigenvalue weighted by Crippen LogP contribution is 2.06. The normalized spacial score (nSPS) is 11.1. The third-order valence-electron chi connectivity index (χ3n) is 3.67. The van der Waals surface area contributed by atoms with Crippen LogP contribution in [0.25, 0.3) is 0 Å². The van der Waals surface area contributed by atoms with Crippen molar-refractivity contribution < 1.29 is 32.0 Å². The molecule has 0 bridgehead atoms. The van der Waals surface area contributed by atoms with E-state index in [2.05, 4.69) is 56.0 Å². The van der Waals surface area contributed by atoms with Crippen molar-refractivity contribution in [2.75, 3.05) is 27.3 Å². The van der Waals surface area contributed by atoms with Crippen LogP contribution in [-0.4, -0.2) is 67.0 Å². The number of carbonyl (C=O) groups is 1. The molecule has 1 unspecified atom stereocenters. The zero-order valence-corrected chi connectivity index (χ0v) is 24.4. The van der Waals surface area contributed by atoms with Crippen molar-refractivity contribution in [1.82, 2.24) is 4.90 Å². The van der Waals surface area contributed by atoms with Gasteiger partial charge in [0, 0.05) is 26.3 Å². The first kappa shape index (κ1) is 40.5. The second-order valence-corrected chi connectivity index (χ2v) is 8.31. The van der Waals surface area contributed by atoms with Gasteiger partial charge in [-0.1, -0.05) is 69.2 Å². The summed E-state index contributed by atoms with van der Waals surface area (Å²) in [6.07, 6.45) is 6.99. The highest BCUT2D eigenvalue weighted by atomic mass is 32.2. The molecule has 35 heavy (non-hydrogen) atoms. The summed E-state index contributed by atoms with van der Waals surface area (Å²) >= 11 is -3.84. The molecule has 0 aliphatic heterocycles. The van der Waals surface area contributed by atoms with Crippen LogP contribution < -0.4 is 0 Å². The molecule has 10 heteroatoms. The average molecular weight is 538 g/mol. The van der Waals surface area contributed by atoms with Gasteiger partial charge in [0.05, 0.1) is 17.7 Å². The second kappa shape index (κ2) is 28.6. The molecule has 0 aromatic heterocycles. The van der Waals surface area contributed by atoms with Gasteiger partial charge in [0.1, 0.15) is 0 Å². The predicted octanol–water partition coefficient (Wildman–Crippen LogP) is 6.04. The van der Waals surface area contributed by atoms with Crippen LogP contribution in [0.2, 0.25) is 0 Å². The van der Waals surface area contributed by atoms with Crippen molar-refractivity contribution in [2.24, 2.45) is 5.92 Å². The van der Waals surface area contributed by atoms with E-state index in [9.17, 15) is 9.00 Å². The van der Waals surface area contributed by atoms with Gasteiger partial charge in [0.2, 0.25) is 0 Å². The third-order valence-corrected chi connectivity index (χ3v) is 4.03. The van der Waals surface area contributed by atoms with Crippen molar-refractivity contribution in [3.8, 4) is 0 Å². The maximum atomic E-state index is 12.0. The average Bonchev–Trinajstić information content (AvgIpc) is 2.82. The topological polar surface area (TPSA) is 128 Å². The summed E-state index contributed by atoms with van der Waals surface area (Å²) in [7, 11) is 2.69. The lowest BCUT2D eigenvalue weighted by Crippen LogP contribution is -2.28. The highest BCUT2D eigenvalue weighted by Gasteiger charge is 2.10. The minimum Gasteiger partial charge on any atom is -0.400 e. The van der Waals surface area contributed by atoms with Gasteiger partial charge in [-0.15, -0.1) is 0 Å². The van der Waals surface area contributed by atoms with E-state index in [0.717, 1.165) is 12.7 Å². The van der Waals surface area contributed by atoms with Gasteiger partial charge in [-0.25, -0.2) is 0 Å². The Labute approximate surface area is 218 Å². The van der Waals surface area contributed by atoms with E-state index in [1.54, 1.807) is 24.1 Å². The van der Waals surface area contributed by atoms with Gasteiger partial charge in [-0.2, -0.15) is 4.21 Å².